The van der Waals surface area contributed by atoms with E-state index in [1.807, 2.05) is 30.3 Å². The Hall–Kier alpha value is -4.42. The molecule has 1 saturated heterocycles. The van der Waals surface area contributed by atoms with Crippen molar-refractivity contribution >= 4 is 34.1 Å². The summed E-state index contributed by atoms with van der Waals surface area (Å²) < 4.78 is 48.5. The molecule has 0 spiro atoms. The number of thiophene rings is 1. The van der Waals surface area contributed by atoms with Crippen molar-refractivity contribution in [3.05, 3.63) is 89.2 Å². The van der Waals surface area contributed by atoms with Crippen LogP contribution in [0.25, 0.3) is 27.2 Å². The number of amides is 1. The molecule has 1 aliphatic heterocycles. The highest BCUT2D eigenvalue weighted by Gasteiger charge is 2.35. The number of pyridine rings is 1. The number of primary amides is 1. The number of hydrogen-bond donors (Lipinski definition) is 3. The van der Waals surface area contributed by atoms with Gasteiger partial charge in [0.1, 0.15) is 33.9 Å². The van der Waals surface area contributed by atoms with E-state index >= 15 is 0 Å². The van der Waals surface area contributed by atoms with Crippen molar-refractivity contribution in [1.29, 1.82) is 0 Å². The van der Waals surface area contributed by atoms with Gasteiger partial charge in [-0.1, -0.05) is 24.3 Å². The average Bonchev–Trinajstić information content (AvgIpc) is 3.61. The first-order valence-electron chi connectivity index (χ1n) is 13.8. The summed E-state index contributed by atoms with van der Waals surface area (Å²) in [7, 11) is 0. The number of rotatable bonds is 8. The Kier molecular flexibility index (Phi) is 7.80. The number of anilines is 1. The molecule has 3 aromatic heterocycles. The van der Waals surface area contributed by atoms with Crippen LogP contribution in [0.15, 0.2) is 73.2 Å². The Bertz CT molecular complexity index is 1780. The maximum atomic E-state index is 13.6. The molecule has 0 saturated carbocycles. The molecule has 6 rings (SSSR count). The van der Waals surface area contributed by atoms with Gasteiger partial charge in [0, 0.05) is 23.9 Å². The van der Waals surface area contributed by atoms with Crippen LogP contribution in [-0.2, 0) is 6.18 Å². The number of imidazole rings is 1. The number of nitrogens with two attached hydrogens (primary N) is 1. The second-order valence-electron chi connectivity index (χ2n) is 10.4. The third kappa shape index (κ3) is 6.06. The van der Waals surface area contributed by atoms with E-state index < -0.39 is 23.8 Å². The molecule has 5 aromatic rings. The zero-order chi connectivity index (χ0) is 30.1. The van der Waals surface area contributed by atoms with Crippen LogP contribution < -0.4 is 21.1 Å². The Morgan fingerprint density at radius 3 is 2.63 bits per heavy atom. The van der Waals surface area contributed by atoms with Gasteiger partial charge in [0.15, 0.2) is 0 Å². The van der Waals surface area contributed by atoms with E-state index in [1.165, 1.54) is 25.1 Å². The minimum atomic E-state index is -4.55. The summed E-state index contributed by atoms with van der Waals surface area (Å²) in [4.78, 5) is 21.5. The fourth-order valence-electron chi connectivity index (χ4n) is 5.34. The van der Waals surface area contributed by atoms with Gasteiger partial charge in [0.05, 0.1) is 16.6 Å². The maximum Gasteiger partial charge on any atom is 0.416 e. The number of alkyl halides is 3. The predicted octanol–water partition coefficient (Wildman–Crippen LogP) is 6.57. The van der Waals surface area contributed by atoms with E-state index in [9.17, 15) is 18.0 Å². The summed E-state index contributed by atoms with van der Waals surface area (Å²) in [5, 5.41) is 7.48. The van der Waals surface area contributed by atoms with Crippen molar-refractivity contribution in [3.8, 4) is 21.9 Å². The molecule has 2 aromatic carbocycles. The first-order valence-corrected chi connectivity index (χ1v) is 14.7. The van der Waals surface area contributed by atoms with Crippen LogP contribution >= 0.6 is 11.3 Å². The van der Waals surface area contributed by atoms with Crippen molar-refractivity contribution < 1.29 is 22.7 Å². The Labute approximate surface area is 249 Å². The molecule has 0 radical (unpaired) electrons. The highest BCUT2D eigenvalue weighted by atomic mass is 32.1. The molecule has 1 unspecified atom stereocenters. The van der Waals surface area contributed by atoms with Gasteiger partial charge in [-0.15, -0.1) is 11.3 Å². The Morgan fingerprint density at radius 1 is 1.09 bits per heavy atom. The van der Waals surface area contributed by atoms with Crippen LogP contribution in [0.5, 0.6) is 5.75 Å². The summed E-state index contributed by atoms with van der Waals surface area (Å²) >= 11 is 1.09. The number of ether oxygens (including phenoxy) is 1. The van der Waals surface area contributed by atoms with Crippen molar-refractivity contribution in [2.45, 2.75) is 38.1 Å². The maximum absolute atomic E-state index is 13.6. The second kappa shape index (κ2) is 11.7. The first-order chi connectivity index (χ1) is 20.7. The number of nitrogens with one attached hydrogen (secondary N) is 2. The average molecular weight is 607 g/mol. The lowest BCUT2D eigenvalue weighted by Crippen LogP contribution is -2.35. The molecule has 0 bridgehead atoms. The summed E-state index contributed by atoms with van der Waals surface area (Å²) in [6.07, 6.45) is -0.0298. The van der Waals surface area contributed by atoms with E-state index in [1.54, 1.807) is 23.2 Å². The van der Waals surface area contributed by atoms with Crippen LogP contribution in [0.1, 0.15) is 46.7 Å². The number of fused-ring (bicyclic) bond motifs is 1. The van der Waals surface area contributed by atoms with E-state index in [0.717, 1.165) is 71.3 Å². The summed E-state index contributed by atoms with van der Waals surface area (Å²) in [5.74, 6) is 0.203. The summed E-state index contributed by atoms with van der Waals surface area (Å²) in [5.41, 5.74) is 8.29. The molecule has 1 atom stereocenters. The quantitative estimate of drug-likeness (QED) is 0.185. The normalized spacial score (nSPS) is 15.0. The van der Waals surface area contributed by atoms with Crippen molar-refractivity contribution in [1.82, 2.24) is 19.9 Å². The predicted molar refractivity (Wildman–Crippen MR) is 161 cm³/mol. The number of carbonyl (C=O) groups excluding carboxylic acids is 1. The van der Waals surface area contributed by atoms with Gasteiger partial charge >= 0.3 is 6.18 Å². The number of halogens is 3. The number of hydrogen-bond acceptors (Lipinski definition) is 7. The van der Waals surface area contributed by atoms with Gasteiger partial charge in [-0.3, -0.25) is 9.36 Å². The molecular formula is C31H29F3N6O2S. The van der Waals surface area contributed by atoms with Crippen molar-refractivity contribution in [2.24, 2.45) is 5.73 Å². The van der Waals surface area contributed by atoms with Gasteiger partial charge in [-0.05, 0) is 74.3 Å². The van der Waals surface area contributed by atoms with Crippen LogP contribution in [0.3, 0.4) is 0 Å². The molecular weight excluding hydrogens is 577 g/mol. The monoisotopic (exact) mass is 606 g/mol. The van der Waals surface area contributed by atoms with Crippen LogP contribution in [0, 0.1) is 0 Å². The number of piperidine rings is 1. The van der Waals surface area contributed by atoms with Crippen molar-refractivity contribution in [3.63, 3.8) is 0 Å². The summed E-state index contributed by atoms with van der Waals surface area (Å²) in [6, 6.07) is 17.1. The highest BCUT2D eigenvalue weighted by molar-refractivity contribution is 7.16. The topological polar surface area (TPSA) is 107 Å². The molecule has 4 N–H and O–H groups in total. The van der Waals surface area contributed by atoms with Crippen LogP contribution in [0.4, 0.5) is 19.0 Å². The van der Waals surface area contributed by atoms with Gasteiger partial charge in [-0.2, -0.15) is 13.2 Å². The molecule has 222 valence electrons. The van der Waals surface area contributed by atoms with Gasteiger partial charge in [0.25, 0.3) is 5.91 Å². The smallest absolute Gasteiger partial charge is 0.416 e. The highest BCUT2D eigenvalue weighted by Crippen LogP contribution is 2.39. The van der Waals surface area contributed by atoms with E-state index in [-0.39, 0.29) is 16.2 Å². The van der Waals surface area contributed by atoms with Gasteiger partial charge in [0.2, 0.25) is 0 Å². The first kappa shape index (κ1) is 28.7. The zero-order valence-corrected chi connectivity index (χ0v) is 24.0. The van der Waals surface area contributed by atoms with E-state index in [4.69, 9.17) is 10.5 Å². The minimum Gasteiger partial charge on any atom is -0.484 e. The standard InChI is InChI=1S/C31H29F3N6O2S/c1-18(22-4-2-3-5-23(22)31(32,33)34)42-26-16-28(43-29(26)30(35)41)40-17-38-24-14-19(6-7-25(24)40)20-8-13-37-27(15-20)39-21-9-11-36-12-10-21/h2-8,13-18,21,36H,9-12H2,1H3,(H2,35,41)(H,37,39). The lowest BCUT2D eigenvalue weighted by Gasteiger charge is -2.24. The second-order valence-corrected chi connectivity index (χ2v) is 11.4. The SMILES string of the molecule is CC(Oc1cc(-n2cnc3cc(-c4ccnc(NC5CCNCC5)c4)ccc32)sc1C(N)=O)c1ccccc1C(F)(F)F. The van der Waals surface area contributed by atoms with Crippen molar-refractivity contribution in [2.75, 3.05) is 18.4 Å². The molecule has 12 heteroatoms. The third-order valence-corrected chi connectivity index (χ3v) is 8.62. The Morgan fingerprint density at radius 2 is 1.86 bits per heavy atom. The molecule has 1 amide bonds. The number of benzene rings is 2. The lowest BCUT2D eigenvalue weighted by atomic mass is 10.0. The van der Waals surface area contributed by atoms with Gasteiger partial charge < -0.3 is 21.1 Å². The van der Waals surface area contributed by atoms with Crippen LogP contribution in [0.2, 0.25) is 0 Å². The van der Waals surface area contributed by atoms with E-state index in [0.29, 0.717) is 11.0 Å². The lowest BCUT2D eigenvalue weighted by molar-refractivity contribution is -0.139. The molecule has 1 aliphatic rings. The number of aromatic nitrogens is 3. The molecule has 8 nitrogen and oxygen atoms in total. The fraction of sp³-hybridized carbons (Fsp3) is 0.258. The molecule has 43 heavy (non-hydrogen) atoms. The third-order valence-electron chi connectivity index (χ3n) is 7.49. The number of nitrogens with zero attached hydrogens (tertiary/aromatic N) is 3. The molecule has 0 aliphatic carbocycles. The minimum absolute atomic E-state index is 0.0380. The summed E-state index contributed by atoms with van der Waals surface area (Å²) in [6.45, 7) is 3.48. The largest absolute Gasteiger partial charge is 0.484 e. The Balaban J connectivity index is 1.27. The molecule has 1 fully saturated rings. The number of carbonyl (C=O) groups is 1. The van der Waals surface area contributed by atoms with Gasteiger partial charge in [-0.25, -0.2) is 9.97 Å². The van der Waals surface area contributed by atoms with Crippen LogP contribution in [-0.4, -0.2) is 39.6 Å². The molecule has 4 heterocycles. The van der Waals surface area contributed by atoms with E-state index in [2.05, 4.69) is 20.6 Å². The zero-order valence-electron chi connectivity index (χ0n) is 23.2. The fourth-order valence-corrected chi connectivity index (χ4v) is 6.26.